The van der Waals surface area contributed by atoms with Gasteiger partial charge >= 0.3 is 0 Å². The van der Waals surface area contributed by atoms with Crippen LogP contribution in [0.3, 0.4) is 0 Å². The Hall–Kier alpha value is -2.09. The average molecular weight is 391 g/mol. The van der Waals surface area contributed by atoms with Gasteiger partial charge in [0.05, 0.1) is 5.97 Å². The third kappa shape index (κ3) is 4.12. The summed E-state index contributed by atoms with van der Waals surface area (Å²) >= 11 is 8.41. The minimum absolute atomic E-state index is 0.0900. The maximum atomic E-state index is 11.5. The number of benzene rings is 1. The second kappa shape index (κ2) is 7.86. The molecule has 5 nitrogen and oxygen atoms in total. The highest BCUT2D eigenvalue weighted by Gasteiger charge is 2.15. The summed E-state index contributed by atoms with van der Waals surface area (Å²) in [5, 5.41) is 22.9. The molecule has 0 aliphatic heterocycles. The van der Waals surface area contributed by atoms with Crippen molar-refractivity contribution in [2.45, 2.75) is 18.6 Å². The molecule has 0 fully saturated rings. The summed E-state index contributed by atoms with van der Waals surface area (Å²) < 4.78 is 1.86. The molecule has 0 unspecified atom stereocenters. The van der Waals surface area contributed by atoms with Crippen molar-refractivity contribution >= 4 is 46.7 Å². The molecule has 3 aromatic rings. The minimum atomic E-state index is -1.24. The van der Waals surface area contributed by atoms with Crippen LogP contribution in [0.2, 0.25) is 5.02 Å². The highest BCUT2D eigenvalue weighted by atomic mass is 35.5. The lowest BCUT2D eigenvalue weighted by molar-refractivity contribution is -0.297. The van der Waals surface area contributed by atoms with Crippen LogP contribution in [0.1, 0.15) is 11.8 Å². The van der Waals surface area contributed by atoms with E-state index in [9.17, 15) is 9.90 Å². The van der Waals surface area contributed by atoms with Crippen LogP contribution in [-0.2, 0) is 11.3 Å². The lowest BCUT2D eigenvalue weighted by atomic mass is 10.2. The fraction of sp³-hybridized carbons (Fsp3) is 0.118. The van der Waals surface area contributed by atoms with Gasteiger partial charge in [-0.05, 0) is 60.5 Å². The molecule has 0 saturated heterocycles. The SMILES string of the molecule is CCn1c(S/C(=C/c2cccs2)C(=O)[O-])nnc1-c1ccc(Cl)cc1. The van der Waals surface area contributed by atoms with Crippen LogP contribution in [0.15, 0.2) is 51.8 Å². The molecule has 0 saturated carbocycles. The van der Waals surface area contributed by atoms with Crippen molar-refractivity contribution in [1.29, 1.82) is 0 Å². The third-order valence-corrected chi connectivity index (χ3v) is 5.41. The van der Waals surface area contributed by atoms with E-state index < -0.39 is 5.97 Å². The van der Waals surface area contributed by atoms with Gasteiger partial charge in [0.15, 0.2) is 11.0 Å². The highest BCUT2D eigenvalue weighted by Crippen LogP contribution is 2.31. The van der Waals surface area contributed by atoms with Crippen LogP contribution in [0.4, 0.5) is 0 Å². The molecule has 0 aliphatic rings. The summed E-state index contributed by atoms with van der Waals surface area (Å²) in [6, 6.07) is 11.0. The summed E-state index contributed by atoms with van der Waals surface area (Å²) in [7, 11) is 0. The number of halogens is 1. The monoisotopic (exact) mass is 390 g/mol. The number of nitrogens with zero attached hydrogens (tertiary/aromatic N) is 3. The molecule has 0 radical (unpaired) electrons. The summed E-state index contributed by atoms with van der Waals surface area (Å²) in [6.45, 7) is 2.56. The van der Waals surface area contributed by atoms with E-state index in [1.807, 2.05) is 41.1 Å². The number of hydrogen-bond donors (Lipinski definition) is 0. The van der Waals surface area contributed by atoms with Crippen LogP contribution < -0.4 is 5.11 Å². The zero-order valence-corrected chi connectivity index (χ0v) is 15.6. The van der Waals surface area contributed by atoms with Crippen molar-refractivity contribution < 1.29 is 9.90 Å². The van der Waals surface area contributed by atoms with Gasteiger partial charge < -0.3 is 14.5 Å². The number of carboxylic acids is 1. The minimum Gasteiger partial charge on any atom is -0.544 e. The fourth-order valence-corrected chi connectivity index (χ4v) is 3.92. The van der Waals surface area contributed by atoms with E-state index in [1.165, 1.54) is 11.3 Å². The molecular weight excluding hydrogens is 378 g/mol. The van der Waals surface area contributed by atoms with Crippen LogP contribution in [-0.4, -0.2) is 20.7 Å². The van der Waals surface area contributed by atoms with Gasteiger partial charge in [-0.1, -0.05) is 17.7 Å². The van der Waals surface area contributed by atoms with Gasteiger partial charge in [-0.15, -0.1) is 21.5 Å². The average Bonchev–Trinajstić information content (AvgIpc) is 3.24. The molecule has 1 aromatic carbocycles. The maximum Gasteiger partial charge on any atom is 0.196 e. The zero-order chi connectivity index (χ0) is 17.8. The molecule has 8 heteroatoms. The Balaban J connectivity index is 1.94. The van der Waals surface area contributed by atoms with Crippen molar-refractivity contribution in [3.63, 3.8) is 0 Å². The number of hydrogen-bond acceptors (Lipinski definition) is 6. The predicted molar refractivity (Wildman–Crippen MR) is 99.3 cm³/mol. The number of thiophene rings is 1. The standard InChI is InChI=1S/C17H14ClN3O2S2/c1-2-21-15(11-5-7-12(18)8-6-11)19-20-17(21)25-14(16(22)23)10-13-4-3-9-24-13/h3-10H,2H2,1H3,(H,22,23)/p-1/b14-10+. The van der Waals surface area contributed by atoms with Gasteiger partial charge in [0.1, 0.15) is 0 Å². The second-order valence-corrected chi connectivity index (χ2v) is 7.40. The number of rotatable bonds is 6. The van der Waals surface area contributed by atoms with Gasteiger partial charge in [0.25, 0.3) is 0 Å². The van der Waals surface area contributed by atoms with E-state index in [1.54, 1.807) is 18.2 Å². The van der Waals surface area contributed by atoms with Crippen LogP contribution in [0.5, 0.6) is 0 Å². The summed E-state index contributed by atoms with van der Waals surface area (Å²) in [4.78, 5) is 12.4. The molecule has 0 spiro atoms. The Labute approximate surface area is 158 Å². The lowest BCUT2D eigenvalue weighted by Gasteiger charge is -2.10. The number of carboxylic acid groups (broad SMARTS) is 1. The Bertz CT molecular complexity index is 903. The highest BCUT2D eigenvalue weighted by molar-refractivity contribution is 8.04. The molecule has 2 heterocycles. The predicted octanol–water partition coefficient (Wildman–Crippen LogP) is 3.56. The van der Waals surface area contributed by atoms with E-state index in [-0.39, 0.29) is 4.91 Å². The molecule has 25 heavy (non-hydrogen) atoms. The largest absolute Gasteiger partial charge is 0.544 e. The maximum absolute atomic E-state index is 11.5. The molecule has 0 amide bonds. The van der Waals surface area contributed by atoms with Crippen molar-refractivity contribution in [2.24, 2.45) is 0 Å². The molecule has 2 aromatic heterocycles. The summed E-state index contributed by atoms with van der Waals surface area (Å²) in [6.07, 6.45) is 1.58. The molecule has 0 atom stereocenters. The Kier molecular flexibility index (Phi) is 5.57. The first-order valence-electron chi connectivity index (χ1n) is 7.42. The van der Waals surface area contributed by atoms with Crippen molar-refractivity contribution in [3.8, 4) is 11.4 Å². The molecular formula is C17H13ClN3O2S2-. The lowest BCUT2D eigenvalue weighted by Crippen LogP contribution is -2.23. The zero-order valence-electron chi connectivity index (χ0n) is 13.2. The first-order chi connectivity index (χ1) is 12.1. The van der Waals surface area contributed by atoms with Crippen molar-refractivity contribution in [3.05, 3.63) is 56.6 Å². The van der Waals surface area contributed by atoms with Gasteiger partial charge in [0.2, 0.25) is 0 Å². The normalized spacial score (nSPS) is 11.7. The quantitative estimate of drug-likeness (QED) is 0.475. The molecule has 3 rings (SSSR count). The van der Waals surface area contributed by atoms with E-state index in [4.69, 9.17) is 11.6 Å². The molecule has 128 valence electrons. The molecule has 0 bridgehead atoms. The van der Waals surface area contributed by atoms with E-state index in [2.05, 4.69) is 10.2 Å². The Morgan fingerprint density at radius 3 is 2.68 bits per heavy atom. The Morgan fingerprint density at radius 2 is 2.08 bits per heavy atom. The van der Waals surface area contributed by atoms with Gasteiger partial charge in [-0.25, -0.2) is 0 Å². The number of thioether (sulfide) groups is 1. The third-order valence-electron chi connectivity index (χ3n) is 3.35. The van der Waals surface area contributed by atoms with Gasteiger partial charge in [0, 0.05) is 26.9 Å². The first-order valence-corrected chi connectivity index (χ1v) is 9.49. The summed E-state index contributed by atoms with van der Waals surface area (Å²) in [5.41, 5.74) is 0.864. The fourth-order valence-electron chi connectivity index (χ4n) is 2.19. The topological polar surface area (TPSA) is 70.8 Å². The van der Waals surface area contributed by atoms with Crippen molar-refractivity contribution in [2.75, 3.05) is 0 Å². The number of aromatic nitrogens is 3. The number of carbonyl (C=O) groups is 1. The molecule has 0 aliphatic carbocycles. The number of carbonyl (C=O) groups excluding carboxylic acids is 1. The van der Waals surface area contributed by atoms with Gasteiger partial charge in [-0.3, -0.25) is 0 Å². The van der Waals surface area contributed by atoms with Crippen LogP contribution in [0, 0.1) is 0 Å². The summed E-state index contributed by atoms with van der Waals surface area (Å²) in [5.74, 6) is -0.576. The van der Waals surface area contributed by atoms with Crippen molar-refractivity contribution in [1.82, 2.24) is 14.8 Å². The molecule has 0 N–H and O–H groups in total. The smallest absolute Gasteiger partial charge is 0.196 e. The Morgan fingerprint density at radius 1 is 1.32 bits per heavy atom. The van der Waals surface area contributed by atoms with E-state index in [0.717, 1.165) is 22.2 Å². The van der Waals surface area contributed by atoms with Crippen LogP contribution >= 0.6 is 34.7 Å². The first kappa shape index (κ1) is 17.7. The number of aliphatic carboxylic acids is 1. The van der Waals surface area contributed by atoms with Gasteiger partial charge in [-0.2, -0.15) is 0 Å². The van der Waals surface area contributed by atoms with Crippen LogP contribution in [0.25, 0.3) is 17.5 Å². The van der Waals surface area contributed by atoms with E-state index >= 15 is 0 Å². The second-order valence-electron chi connectivity index (χ2n) is 4.97. The van der Waals surface area contributed by atoms with E-state index in [0.29, 0.717) is 22.5 Å².